The molecule has 5 heteroatoms. The first kappa shape index (κ1) is 16.4. The Bertz CT molecular complexity index is 404. The molecule has 1 rings (SSSR count). The molecule has 1 atom stereocenters. The first-order valence-corrected chi connectivity index (χ1v) is 7.56. The number of hydrogen-bond donors (Lipinski definition) is 2. The second kappa shape index (κ2) is 7.20. The minimum Gasteiger partial charge on any atom is -0.396 e. The van der Waals surface area contributed by atoms with Gasteiger partial charge in [-0.25, -0.2) is 9.97 Å². The van der Waals surface area contributed by atoms with Crippen LogP contribution in [0.3, 0.4) is 0 Å². The van der Waals surface area contributed by atoms with Crippen molar-refractivity contribution < 1.29 is 5.11 Å². The van der Waals surface area contributed by atoms with Crippen LogP contribution in [0.2, 0.25) is 0 Å². The molecule has 0 fully saturated rings. The predicted octanol–water partition coefficient (Wildman–Crippen LogP) is 3.36. The van der Waals surface area contributed by atoms with Crippen molar-refractivity contribution in [3.8, 4) is 0 Å². The third-order valence-electron chi connectivity index (χ3n) is 3.05. The Kier molecular flexibility index (Phi) is 6.20. The molecule has 2 N–H and O–H groups in total. The van der Waals surface area contributed by atoms with Crippen molar-refractivity contribution in [1.29, 1.82) is 0 Å². The van der Waals surface area contributed by atoms with Gasteiger partial charge in [0.1, 0.15) is 16.2 Å². The Morgan fingerprint density at radius 1 is 1.37 bits per heavy atom. The van der Waals surface area contributed by atoms with Gasteiger partial charge in [0.25, 0.3) is 0 Å². The van der Waals surface area contributed by atoms with Crippen molar-refractivity contribution in [3.05, 3.63) is 16.5 Å². The number of hydrogen-bond acceptors (Lipinski definition) is 4. The van der Waals surface area contributed by atoms with E-state index in [0.717, 1.165) is 35.6 Å². The van der Waals surface area contributed by atoms with Gasteiger partial charge in [0, 0.05) is 24.6 Å². The number of rotatable bonds is 6. The molecule has 0 aliphatic heterocycles. The zero-order valence-corrected chi connectivity index (χ0v) is 13.8. The van der Waals surface area contributed by atoms with Gasteiger partial charge in [-0.15, -0.1) is 0 Å². The number of aliphatic hydroxyl groups excluding tert-OH is 1. The maximum absolute atomic E-state index is 9.00. The summed E-state index contributed by atoms with van der Waals surface area (Å²) in [7, 11) is 0. The van der Waals surface area contributed by atoms with E-state index < -0.39 is 0 Å². The molecule has 0 radical (unpaired) electrons. The molecule has 1 unspecified atom stereocenters. The summed E-state index contributed by atoms with van der Waals surface area (Å²) >= 11 is 3.43. The second-order valence-electron chi connectivity index (χ2n) is 5.82. The Morgan fingerprint density at radius 2 is 2.05 bits per heavy atom. The Hall–Kier alpha value is -0.680. The van der Waals surface area contributed by atoms with Crippen LogP contribution in [0.5, 0.6) is 0 Å². The fourth-order valence-electron chi connectivity index (χ4n) is 1.73. The van der Waals surface area contributed by atoms with E-state index in [-0.39, 0.29) is 12.0 Å². The predicted molar refractivity (Wildman–Crippen MR) is 82.4 cm³/mol. The molecule has 4 nitrogen and oxygen atoms in total. The molecule has 19 heavy (non-hydrogen) atoms. The van der Waals surface area contributed by atoms with Crippen LogP contribution in [0, 0.1) is 5.92 Å². The van der Waals surface area contributed by atoms with E-state index in [9.17, 15) is 0 Å². The number of halogens is 1. The van der Waals surface area contributed by atoms with Crippen LogP contribution in [0.1, 0.15) is 46.4 Å². The van der Waals surface area contributed by atoms with Crippen molar-refractivity contribution >= 4 is 21.7 Å². The highest BCUT2D eigenvalue weighted by molar-refractivity contribution is 9.10. The van der Waals surface area contributed by atoms with Gasteiger partial charge in [0.05, 0.1) is 0 Å². The van der Waals surface area contributed by atoms with Crippen molar-refractivity contribution in [2.45, 2.75) is 46.0 Å². The molecule has 0 saturated heterocycles. The smallest absolute Gasteiger partial charge is 0.137 e. The third-order valence-corrected chi connectivity index (χ3v) is 3.46. The summed E-state index contributed by atoms with van der Waals surface area (Å²) in [5.74, 6) is 2.12. The zero-order chi connectivity index (χ0) is 14.5. The number of aliphatic hydroxyl groups is 1. The molecular weight excluding hydrogens is 306 g/mol. The third kappa shape index (κ3) is 5.45. The van der Waals surface area contributed by atoms with Crippen LogP contribution in [0.4, 0.5) is 5.82 Å². The highest BCUT2D eigenvalue weighted by atomic mass is 79.9. The lowest BCUT2D eigenvalue weighted by Crippen LogP contribution is -2.19. The number of aromatic nitrogens is 2. The second-order valence-corrected chi connectivity index (χ2v) is 6.63. The summed E-state index contributed by atoms with van der Waals surface area (Å²) in [6, 6.07) is 1.89. The van der Waals surface area contributed by atoms with Crippen molar-refractivity contribution in [2.24, 2.45) is 5.92 Å². The van der Waals surface area contributed by atoms with Crippen LogP contribution in [0.15, 0.2) is 10.7 Å². The van der Waals surface area contributed by atoms with Gasteiger partial charge in [0.15, 0.2) is 0 Å². The molecular formula is C14H24BrN3O. The highest BCUT2D eigenvalue weighted by Crippen LogP contribution is 2.22. The molecule has 0 aliphatic carbocycles. The Morgan fingerprint density at radius 3 is 2.58 bits per heavy atom. The summed E-state index contributed by atoms with van der Waals surface area (Å²) in [5, 5.41) is 12.3. The molecule has 0 amide bonds. The standard InChI is InChI=1S/C14H24BrN3O/c1-5-10(6-7-19)9-16-12-8-11(15)17-13(18-12)14(2,3)4/h8,10,19H,5-7,9H2,1-4H3,(H,16,17,18). The number of nitrogens with zero attached hydrogens (tertiary/aromatic N) is 2. The van der Waals surface area contributed by atoms with Gasteiger partial charge in [-0.05, 0) is 28.3 Å². The summed E-state index contributed by atoms with van der Waals surface area (Å²) in [6.45, 7) is 9.49. The van der Waals surface area contributed by atoms with Crippen LogP contribution in [-0.4, -0.2) is 28.2 Å². The monoisotopic (exact) mass is 329 g/mol. The molecule has 0 aromatic carbocycles. The Labute approximate surface area is 124 Å². The fraction of sp³-hybridized carbons (Fsp3) is 0.714. The SMILES string of the molecule is CCC(CCO)CNc1cc(Br)nc(C(C)(C)C)n1. The fourth-order valence-corrected chi connectivity index (χ4v) is 2.11. The minimum absolute atomic E-state index is 0.0739. The van der Waals surface area contributed by atoms with E-state index in [1.165, 1.54) is 0 Å². The zero-order valence-electron chi connectivity index (χ0n) is 12.2. The minimum atomic E-state index is -0.0739. The summed E-state index contributed by atoms with van der Waals surface area (Å²) in [4.78, 5) is 8.97. The molecule has 0 aliphatic rings. The molecule has 1 heterocycles. The molecule has 0 spiro atoms. The maximum Gasteiger partial charge on any atom is 0.137 e. The molecule has 1 aromatic rings. The van der Waals surface area contributed by atoms with Crippen LogP contribution < -0.4 is 5.32 Å². The van der Waals surface area contributed by atoms with E-state index >= 15 is 0 Å². The Balaban J connectivity index is 2.76. The molecule has 1 aromatic heterocycles. The number of anilines is 1. The van der Waals surface area contributed by atoms with Crippen LogP contribution in [-0.2, 0) is 5.41 Å². The van der Waals surface area contributed by atoms with Gasteiger partial charge >= 0.3 is 0 Å². The lowest BCUT2D eigenvalue weighted by Gasteiger charge is -2.19. The average Bonchev–Trinajstić information content (AvgIpc) is 2.32. The van der Waals surface area contributed by atoms with E-state index in [1.807, 2.05) is 6.07 Å². The largest absolute Gasteiger partial charge is 0.396 e. The van der Waals surface area contributed by atoms with Crippen molar-refractivity contribution in [2.75, 3.05) is 18.5 Å². The van der Waals surface area contributed by atoms with E-state index in [0.29, 0.717) is 5.92 Å². The first-order chi connectivity index (χ1) is 8.86. The lowest BCUT2D eigenvalue weighted by molar-refractivity contribution is 0.258. The van der Waals surface area contributed by atoms with Gasteiger partial charge in [-0.3, -0.25) is 0 Å². The topological polar surface area (TPSA) is 58.0 Å². The van der Waals surface area contributed by atoms with Gasteiger partial charge < -0.3 is 10.4 Å². The summed E-state index contributed by atoms with van der Waals surface area (Å²) in [6.07, 6.45) is 1.87. The quantitative estimate of drug-likeness (QED) is 0.786. The average molecular weight is 330 g/mol. The molecule has 108 valence electrons. The van der Waals surface area contributed by atoms with E-state index in [2.05, 4.69) is 58.9 Å². The first-order valence-electron chi connectivity index (χ1n) is 6.76. The van der Waals surface area contributed by atoms with E-state index in [4.69, 9.17) is 5.11 Å². The van der Waals surface area contributed by atoms with E-state index in [1.54, 1.807) is 0 Å². The highest BCUT2D eigenvalue weighted by Gasteiger charge is 2.18. The summed E-state index contributed by atoms with van der Waals surface area (Å²) in [5.41, 5.74) is -0.0739. The van der Waals surface area contributed by atoms with Crippen molar-refractivity contribution in [3.63, 3.8) is 0 Å². The normalized spacial score (nSPS) is 13.4. The molecule has 0 bridgehead atoms. The van der Waals surface area contributed by atoms with Gasteiger partial charge in [-0.1, -0.05) is 34.1 Å². The van der Waals surface area contributed by atoms with Crippen molar-refractivity contribution in [1.82, 2.24) is 9.97 Å². The van der Waals surface area contributed by atoms with Crippen LogP contribution in [0.25, 0.3) is 0 Å². The van der Waals surface area contributed by atoms with Gasteiger partial charge in [0.2, 0.25) is 0 Å². The lowest BCUT2D eigenvalue weighted by atomic mass is 9.96. The van der Waals surface area contributed by atoms with Crippen LogP contribution >= 0.6 is 15.9 Å². The molecule has 0 saturated carbocycles. The maximum atomic E-state index is 9.00. The summed E-state index contributed by atoms with van der Waals surface area (Å²) < 4.78 is 0.796. The number of nitrogens with one attached hydrogen (secondary N) is 1. The van der Waals surface area contributed by atoms with Gasteiger partial charge in [-0.2, -0.15) is 0 Å².